The molecule has 4 aliphatic rings. The van der Waals surface area contributed by atoms with Gasteiger partial charge in [-0.2, -0.15) is 0 Å². The molecule has 0 aromatic heterocycles. The van der Waals surface area contributed by atoms with Crippen molar-refractivity contribution < 1.29 is 0 Å². The minimum Gasteiger partial charge on any atom is -0.271 e. The summed E-state index contributed by atoms with van der Waals surface area (Å²) >= 11 is 0. The molecule has 0 radical (unpaired) electrons. The van der Waals surface area contributed by atoms with Crippen LogP contribution in [0.5, 0.6) is 0 Å². The lowest BCUT2D eigenvalue weighted by Crippen LogP contribution is -2.56. The first-order valence-corrected chi connectivity index (χ1v) is 7.15. The summed E-state index contributed by atoms with van der Waals surface area (Å²) in [5.41, 5.74) is 3.13. The van der Waals surface area contributed by atoms with Gasteiger partial charge in [-0.3, -0.25) is 11.3 Å². The molecule has 16 heavy (non-hydrogen) atoms. The lowest BCUT2D eigenvalue weighted by atomic mass is 9.50. The van der Waals surface area contributed by atoms with Crippen molar-refractivity contribution in [2.24, 2.45) is 41.4 Å². The fourth-order valence-corrected chi connectivity index (χ4v) is 5.30. The Morgan fingerprint density at radius 3 is 1.81 bits per heavy atom. The lowest BCUT2D eigenvalue weighted by molar-refractivity contribution is -0.0584. The van der Waals surface area contributed by atoms with Crippen LogP contribution in [0.4, 0.5) is 0 Å². The Morgan fingerprint density at radius 1 is 0.938 bits per heavy atom. The number of hydrogen-bond acceptors (Lipinski definition) is 2. The molecular weight excluding hydrogens is 196 g/mol. The van der Waals surface area contributed by atoms with E-state index in [1.807, 2.05) is 0 Å². The minimum atomic E-state index is 0.551. The van der Waals surface area contributed by atoms with E-state index < -0.39 is 0 Å². The van der Waals surface area contributed by atoms with Gasteiger partial charge in [0.05, 0.1) is 0 Å². The molecule has 0 saturated heterocycles. The predicted molar refractivity (Wildman–Crippen MR) is 66.5 cm³/mol. The lowest BCUT2D eigenvalue weighted by Gasteiger charge is -2.57. The van der Waals surface area contributed by atoms with Crippen LogP contribution in [0.25, 0.3) is 0 Å². The van der Waals surface area contributed by atoms with E-state index in [-0.39, 0.29) is 0 Å². The Hall–Kier alpha value is -0.0800. The third-order valence-corrected chi connectivity index (χ3v) is 5.63. The van der Waals surface area contributed by atoms with Crippen LogP contribution in [0.3, 0.4) is 0 Å². The molecule has 1 atom stereocenters. The van der Waals surface area contributed by atoms with Crippen molar-refractivity contribution in [3.05, 3.63) is 0 Å². The molecule has 0 amide bonds. The van der Waals surface area contributed by atoms with Crippen LogP contribution in [-0.2, 0) is 0 Å². The van der Waals surface area contributed by atoms with Gasteiger partial charge in [0.25, 0.3) is 0 Å². The van der Waals surface area contributed by atoms with E-state index in [2.05, 4.69) is 19.3 Å². The number of nitrogens with one attached hydrogen (secondary N) is 1. The Kier molecular flexibility index (Phi) is 2.75. The molecule has 0 aromatic carbocycles. The van der Waals surface area contributed by atoms with Crippen molar-refractivity contribution in [1.29, 1.82) is 0 Å². The first kappa shape index (κ1) is 11.0. The second kappa shape index (κ2) is 3.99. The van der Waals surface area contributed by atoms with E-state index in [1.54, 1.807) is 6.42 Å². The van der Waals surface area contributed by atoms with Crippen LogP contribution >= 0.6 is 0 Å². The number of hydrogen-bond donors (Lipinski definition) is 2. The topological polar surface area (TPSA) is 38.0 Å². The predicted octanol–water partition coefficient (Wildman–Crippen LogP) is 2.55. The highest BCUT2D eigenvalue weighted by molar-refractivity contribution is 5.01. The summed E-state index contributed by atoms with van der Waals surface area (Å²) in [4.78, 5) is 0. The maximum atomic E-state index is 5.80. The zero-order chi connectivity index (χ0) is 11.3. The Balaban J connectivity index is 1.80. The fraction of sp³-hybridized carbons (Fsp3) is 1.00. The standard InChI is InChI=1S/C14H26N2/c1-8(2)14(16-15)13-11-4-9-3-10(6-11)7-12(13)5-9/h8-14,16H,3-7,15H2,1-2H3. The average Bonchev–Trinajstić information content (AvgIpc) is 2.21. The molecule has 4 aliphatic carbocycles. The van der Waals surface area contributed by atoms with E-state index in [9.17, 15) is 0 Å². The molecule has 4 saturated carbocycles. The van der Waals surface area contributed by atoms with Crippen LogP contribution in [0.15, 0.2) is 0 Å². The SMILES string of the molecule is CC(C)C(NN)C1C2CC3CC(C2)CC1C3. The van der Waals surface area contributed by atoms with Gasteiger partial charge in [-0.25, -0.2) is 0 Å². The molecule has 92 valence electrons. The largest absolute Gasteiger partial charge is 0.271 e. The van der Waals surface area contributed by atoms with Crippen molar-refractivity contribution in [2.45, 2.75) is 52.0 Å². The quantitative estimate of drug-likeness (QED) is 0.569. The molecule has 4 fully saturated rings. The first-order valence-electron chi connectivity index (χ1n) is 7.15. The Bertz CT molecular complexity index is 233. The minimum absolute atomic E-state index is 0.551. The normalized spacial score (nSPS) is 47.6. The van der Waals surface area contributed by atoms with Crippen molar-refractivity contribution in [3.63, 3.8) is 0 Å². The van der Waals surface area contributed by atoms with Gasteiger partial charge < -0.3 is 0 Å². The number of hydrazine groups is 1. The van der Waals surface area contributed by atoms with Gasteiger partial charge in [-0.05, 0) is 67.6 Å². The molecule has 0 aromatic rings. The van der Waals surface area contributed by atoms with Gasteiger partial charge >= 0.3 is 0 Å². The van der Waals surface area contributed by atoms with Gasteiger partial charge in [-0.1, -0.05) is 13.8 Å². The number of rotatable bonds is 3. The van der Waals surface area contributed by atoms with E-state index >= 15 is 0 Å². The van der Waals surface area contributed by atoms with E-state index in [0.29, 0.717) is 12.0 Å². The molecule has 0 spiro atoms. The Labute approximate surface area is 99.3 Å². The zero-order valence-electron chi connectivity index (χ0n) is 10.7. The highest BCUT2D eigenvalue weighted by Crippen LogP contribution is 2.57. The molecule has 2 nitrogen and oxygen atoms in total. The van der Waals surface area contributed by atoms with Crippen LogP contribution in [-0.4, -0.2) is 6.04 Å². The van der Waals surface area contributed by atoms with Crippen LogP contribution in [0.2, 0.25) is 0 Å². The molecule has 3 N–H and O–H groups in total. The molecular formula is C14H26N2. The summed E-state index contributed by atoms with van der Waals surface area (Å²) in [5.74, 6) is 11.5. The summed E-state index contributed by atoms with van der Waals surface area (Å²) in [6.07, 6.45) is 7.55. The van der Waals surface area contributed by atoms with Crippen LogP contribution in [0.1, 0.15) is 46.0 Å². The molecule has 1 unspecified atom stereocenters. The van der Waals surface area contributed by atoms with Crippen molar-refractivity contribution >= 4 is 0 Å². The van der Waals surface area contributed by atoms with Gasteiger partial charge in [0, 0.05) is 6.04 Å². The maximum absolute atomic E-state index is 5.80. The van der Waals surface area contributed by atoms with E-state index in [0.717, 1.165) is 29.6 Å². The van der Waals surface area contributed by atoms with Gasteiger partial charge in [0.2, 0.25) is 0 Å². The van der Waals surface area contributed by atoms with Crippen molar-refractivity contribution in [3.8, 4) is 0 Å². The summed E-state index contributed by atoms with van der Waals surface area (Å²) in [6.45, 7) is 4.63. The van der Waals surface area contributed by atoms with Gasteiger partial charge in [0.1, 0.15) is 0 Å². The number of nitrogens with two attached hydrogens (primary N) is 1. The second-order valence-electron chi connectivity index (χ2n) is 6.94. The van der Waals surface area contributed by atoms with Crippen molar-refractivity contribution in [1.82, 2.24) is 5.43 Å². The summed E-state index contributed by atoms with van der Waals surface area (Å²) < 4.78 is 0. The molecule has 2 heteroatoms. The van der Waals surface area contributed by atoms with Crippen molar-refractivity contribution in [2.75, 3.05) is 0 Å². The third kappa shape index (κ3) is 1.62. The smallest absolute Gasteiger partial charge is 0.0267 e. The molecule has 0 heterocycles. The highest BCUT2D eigenvalue weighted by Gasteiger charge is 2.50. The van der Waals surface area contributed by atoms with E-state index in [4.69, 9.17) is 5.84 Å². The van der Waals surface area contributed by atoms with Gasteiger partial charge in [0.15, 0.2) is 0 Å². The average molecular weight is 222 g/mol. The first-order chi connectivity index (χ1) is 7.69. The van der Waals surface area contributed by atoms with E-state index in [1.165, 1.54) is 25.7 Å². The van der Waals surface area contributed by atoms with Gasteiger partial charge in [-0.15, -0.1) is 0 Å². The Morgan fingerprint density at radius 2 is 1.44 bits per heavy atom. The molecule has 0 aliphatic heterocycles. The van der Waals surface area contributed by atoms with Crippen LogP contribution < -0.4 is 11.3 Å². The fourth-order valence-electron chi connectivity index (χ4n) is 5.30. The monoisotopic (exact) mass is 222 g/mol. The summed E-state index contributed by atoms with van der Waals surface area (Å²) in [6, 6.07) is 0.551. The molecule has 4 bridgehead atoms. The summed E-state index contributed by atoms with van der Waals surface area (Å²) in [5, 5.41) is 0. The second-order valence-corrected chi connectivity index (χ2v) is 6.94. The summed E-state index contributed by atoms with van der Waals surface area (Å²) in [7, 11) is 0. The zero-order valence-corrected chi connectivity index (χ0v) is 10.7. The van der Waals surface area contributed by atoms with Crippen LogP contribution in [0, 0.1) is 35.5 Å². The highest BCUT2D eigenvalue weighted by atomic mass is 15.2. The maximum Gasteiger partial charge on any atom is 0.0267 e. The molecule has 4 rings (SSSR count). The third-order valence-electron chi connectivity index (χ3n) is 5.63.